The van der Waals surface area contributed by atoms with Gasteiger partial charge in [-0.15, -0.1) is 0 Å². The lowest BCUT2D eigenvalue weighted by molar-refractivity contribution is 0.102. The van der Waals surface area contributed by atoms with E-state index in [0.717, 1.165) is 11.0 Å². The molecule has 1 amide bonds. The summed E-state index contributed by atoms with van der Waals surface area (Å²) in [6.07, 6.45) is 1.59. The van der Waals surface area contributed by atoms with Crippen LogP contribution >= 0.6 is 0 Å². The van der Waals surface area contributed by atoms with Crippen LogP contribution in [-0.2, 0) is 6.61 Å². The number of benzene rings is 2. The number of aromatic nitrogens is 2. The van der Waals surface area contributed by atoms with Crippen LogP contribution in [0.5, 0.6) is 0 Å². The monoisotopic (exact) mass is 267 g/mol. The Morgan fingerprint density at radius 2 is 2.10 bits per heavy atom. The smallest absolute Gasteiger partial charge is 0.255 e. The van der Waals surface area contributed by atoms with Crippen molar-refractivity contribution in [1.29, 1.82) is 0 Å². The highest BCUT2D eigenvalue weighted by molar-refractivity contribution is 6.06. The molecule has 5 heteroatoms. The molecule has 100 valence electrons. The fourth-order valence-corrected chi connectivity index (χ4v) is 2.05. The summed E-state index contributed by atoms with van der Waals surface area (Å²) in [6.45, 7) is -0.115. The Kier molecular flexibility index (Phi) is 3.18. The third kappa shape index (κ3) is 2.26. The zero-order valence-corrected chi connectivity index (χ0v) is 10.6. The molecule has 3 rings (SSSR count). The van der Waals surface area contributed by atoms with E-state index >= 15 is 0 Å². The molecule has 20 heavy (non-hydrogen) atoms. The van der Waals surface area contributed by atoms with Gasteiger partial charge in [0.2, 0.25) is 0 Å². The van der Waals surface area contributed by atoms with Gasteiger partial charge in [-0.1, -0.05) is 18.2 Å². The molecule has 0 aliphatic heterocycles. The minimum atomic E-state index is -0.220. The molecule has 0 aliphatic rings. The lowest BCUT2D eigenvalue weighted by Crippen LogP contribution is -2.13. The minimum Gasteiger partial charge on any atom is -0.392 e. The molecule has 0 saturated carbocycles. The van der Waals surface area contributed by atoms with Crippen molar-refractivity contribution in [3.05, 3.63) is 59.9 Å². The summed E-state index contributed by atoms with van der Waals surface area (Å²) in [5, 5.41) is 12.1. The highest BCUT2D eigenvalue weighted by atomic mass is 16.3. The molecule has 0 atom stereocenters. The number of aromatic amines is 1. The lowest BCUT2D eigenvalue weighted by atomic mass is 10.1. The number of rotatable bonds is 3. The van der Waals surface area contributed by atoms with E-state index in [1.54, 1.807) is 36.7 Å². The molecule has 0 spiro atoms. The third-order valence-corrected chi connectivity index (χ3v) is 3.12. The average Bonchev–Trinajstić information content (AvgIpc) is 2.95. The maximum atomic E-state index is 12.2. The van der Waals surface area contributed by atoms with Crippen molar-refractivity contribution in [3.8, 4) is 0 Å². The van der Waals surface area contributed by atoms with Gasteiger partial charge >= 0.3 is 0 Å². The maximum Gasteiger partial charge on any atom is 0.255 e. The van der Waals surface area contributed by atoms with Crippen molar-refractivity contribution in [2.45, 2.75) is 6.61 Å². The van der Waals surface area contributed by atoms with Gasteiger partial charge in [0.1, 0.15) is 0 Å². The van der Waals surface area contributed by atoms with Crippen molar-refractivity contribution in [2.24, 2.45) is 0 Å². The molecule has 3 N–H and O–H groups in total. The lowest BCUT2D eigenvalue weighted by Gasteiger charge is -2.09. The molecule has 0 unspecified atom stereocenters. The van der Waals surface area contributed by atoms with E-state index < -0.39 is 0 Å². The van der Waals surface area contributed by atoms with Gasteiger partial charge in [0.05, 0.1) is 24.0 Å². The van der Waals surface area contributed by atoms with E-state index in [1.807, 2.05) is 12.1 Å². The van der Waals surface area contributed by atoms with E-state index in [2.05, 4.69) is 15.3 Å². The number of amides is 1. The van der Waals surface area contributed by atoms with E-state index in [9.17, 15) is 9.90 Å². The van der Waals surface area contributed by atoms with E-state index in [-0.39, 0.29) is 12.5 Å². The topological polar surface area (TPSA) is 78.0 Å². The number of nitrogens with zero attached hydrogens (tertiary/aromatic N) is 1. The van der Waals surface area contributed by atoms with Crippen molar-refractivity contribution < 1.29 is 9.90 Å². The number of hydrogen-bond donors (Lipinski definition) is 3. The first kappa shape index (κ1) is 12.4. The molecule has 3 aromatic rings. The van der Waals surface area contributed by atoms with Crippen molar-refractivity contribution in [2.75, 3.05) is 5.32 Å². The Labute approximate surface area is 115 Å². The van der Waals surface area contributed by atoms with Crippen LogP contribution in [0.3, 0.4) is 0 Å². The van der Waals surface area contributed by atoms with Gasteiger partial charge in [-0.3, -0.25) is 4.79 Å². The van der Waals surface area contributed by atoms with Gasteiger partial charge in [0.25, 0.3) is 5.91 Å². The zero-order valence-electron chi connectivity index (χ0n) is 10.6. The number of H-pyrrole nitrogens is 1. The molecular formula is C15H13N3O2. The predicted octanol–water partition coefficient (Wildman–Crippen LogP) is 2.31. The van der Waals surface area contributed by atoms with Crippen LogP contribution in [0.25, 0.3) is 11.0 Å². The fourth-order valence-electron chi connectivity index (χ4n) is 2.05. The van der Waals surface area contributed by atoms with Crippen molar-refractivity contribution in [1.82, 2.24) is 9.97 Å². The van der Waals surface area contributed by atoms with E-state index in [1.165, 1.54) is 0 Å². The Hall–Kier alpha value is -2.66. The molecule has 5 nitrogen and oxygen atoms in total. The molecule has 0 aliphatic carbocycles. The average molecular weight is 267 g/mol. The number of imidazole rings is 1. The van der Waals surface area contributed by atoms with Gasteiger partial charge in [-0.25, -0.2) is 4.98 Å². The van der Waals surface area contributed by atoms with Crippen LogP contribution in [0, 0.1) is 0 Å². The first-order valence-electron chi connectivity index (χ1n) is 6.21. The molecule has 2 aromatic carbocycles. The zero-order chi connectivity index (χ0) is 13.9. The number of aliphatic hydroxyl groups is 1. The summed E-state index contributed by atoms with van der Waals surface area (Å²) in [4.78, 5) is 19.3. The quantitative estimate of drug-likeness (QED) is 0.681. The highest BCUT2D eigenvalue weighted by Crippen LogP contribution is 2.17. The summed E-state index contributed by atoms with van der Waals surface area (Å²) in [7, 11) is 0. The van der Waals surface area contributed by atoms with Gasteiger partial charge in [0.15, 0.2) is 0 Å². The normalized spacial score (nSPS) is 10.7. The third-order valence-electron chi connectivity index (χ3n) is 3.12. The van der Waals surface area contributed by atoms with Crippen LogP contribution in [0.4, 0.5) is 5.69 Å². The summed E-state index contributed by atoms with van der Waals surface area (Å²) in [5.41, 5.74) is 3.47. The highest BCUT2D eigenvalue weighted by Gasteiger charge is 2.09. The van der Waals surface area contributed by atoms with Gasteiger partial charge in [0, 0.05) is 16.8 Å². The Morgan fingerprint density at radius 1 is 1.25 bits per heavy atom. The predicted molar refractivity (Wildman–Crippen MR) is 76.4 cm³/mol. The SMILES string of the molecule is O=C(Nc1ccccc1CO)c1ccc2nc[nH]c2c1. The first-order chi connectivity index (χ1) is 9.78. The Bertz CT molecular complexity index is 764. The fraction of sp³-hybridized carbons (Fsp3) is 0.0667. The molecule has 0 bridgehead atoms. The van der Waals surface area contributed by atoms with Gasteiger partial charge < -0.3 is 15.4 Å². The van der Waals surface area contributed by atoms with Crippen LogP contribution in [0.2, 0.25) is 0 Å². The number of carbonyl (C=O) groups is 1. The summed E-state index contributed by atoms with van der Waals surface area (Å²) in [6, 6.07) is 12.4. The summed E-state index contributed by atoms with van der Waals surface area (Å²) >= 11 is 0. The second-order valence-corrected chi connectivity index (χ2v) is 4.40. The largest absolute Gasteiger partial charge is 0.392 e. The van der Waals surface area contributed by atoms with Crippen LogP contribution < -0.4 is 5.32 Å². The van der Waals surface area contributed by atoms with Crippen molar-refractivity contribution in [3.63, 3.8) is 0 Å². The molecule has 0 radical (unpaired) electrons. The second kappa shape index (κ2) is 5.14. The number of aliphatic hydroxyl groups excluding tert-OH is 1. The van der Waals surface area contributed by atoms with Crippen LogP contribution in [0.15, 0.2) is 48.8 Å². The summed E-state index contributed by atoms with van der Waals surface area (Å²) in [5.74, 6) is -0.220. The van der Waals surface area contributed by atoms with Crippen LogP contribution in [-0.4, -0.2) is 21.0 Å². The Morgan fingerprint density at radius 3 is 2.95 bits per heavy atom. The number of fused-ring (bicyclic) bond motifs is 1. The number of para-hydroxylation sites is 1. The molecular weight excluding hydrogens is 254 g/mol. The minimum absolute atomic E-state index is 0.115. The van der Waals surface area contributed by atoms with Crippen molar-refractivity contribution >= 4 is 22.6 Å². The molecule has 0 fully saturated rings. The summed E-state index contributed by atoms with van der Waals surface area (Å²) < 4.78 is 0. The standard InChI is InChI=1S/C15H13N3O2/c19-8-11-3-1-2-4-12(11)18-15(20)10-5-6-13-14(7-10)17-9-16-13/h1-7,9,19H,8H2,(H,16,17)(H,18,20). The van der Waals surface area contributed by atoms with Gasteiger partial charge in [-0.05, 0) is 24.3 Å². The van der Waals surface area contributed by atoms with Gasteiger partial charge in [-0.2, -0.15) is 0 Å². The van der Waals surface area contributed by atoms with E-state index in [0.29, 0.717) is 16.8 Å². The number of nitrogens with one attached hydrogen (secondary N) is 2. The number of anilines is 1. The second-order valence-electron chi connectivity index (χ2n) is 4.40. The maximum absolute atomic E-state index is 12.2. The number of hydrogen-bond acceptors (Lipinski definition) is 3. The van der Waals surface area contributed by atoms with E-state index in [4.69, 9.17) is 0 Å². The molecule has 1 heterocycles. The first-order valence-corrected chi connectivity index (χ1v) is 6.21. The van der Waals surface area contributed by atoms with Crippen LogP contribution in [0.1, 0.15) is 15.9 Å². The number of carbonyl (C=O) groups excluding carboxylic acids is 1. The molecule has 0 saturated heterocycles. The molecule has 1 aromatic heterocycles. The Balaban J connectivity index is 1.88.